The Balaban J connectivity index is 1.91. The average Bonchev–Trinajstić information content (AvgIpc) is 2.51. The van der Waals surface area contributed by atoms with E-state index in [1.165, 1.54) is 5.56 Å². The van der Waals surface area contributed by atoms with Crippen LogP contribution in [0, 0.1) is 18.3 Å². The van der Waals surface area contributed by atoms with Gasteiger partial charge in [0.15, 0.2) is 0 Å². The van der Waals surface area contributed by atoms with Crippen molar-refractivity contribution in [2.75, 3.05) is 0 Å². The van der Waals surface area contributed by atoms with E-state index in [9.17, 15) is 10.1 Å². The highest BCUT2D eigenvalue weighted by atomic mass is 16.1. The van der Waals surface area contributed by atoms with Gasteiger partial charge in [0.1, 0.15) is 6.04 Å². The molecule has 0 bridgehead atoms. The van der Waals surface area contributed by atoms with E-state index in [-0.39, 0.29) is 5.91 Å². The molecule has 3 heteroatoms. The molecule has 0 heterocycles. The van der Waals surface area contributed by atoms with Gasteiger partial charge in [0.2, 0.25) is 5.91 Å². The molecule has 106 valence electrons. The van der Waals surface area contributed by atoms with E-state index in [1.54, 1.807) is 0 Å². The average molecular weight is 278 g/mol. The summed E-state index contributed by atoms with van der Waals surface area (Å²) >= 11 is 0. The first kappa shape index (κ1) is 14.8. The van der Waals surface area contributed by atoms with Crippen molar-refractivity contribution in [1.82, 2.24) is 5.32 Å². The van der Waals surface area contributed by atoms with Crippen molar-refractivity contribution < 1.29 is 4.79 Å². The predicted octanol–water partition coefficient (Wildman–Crippen LogP) is 3.31. The third-order valence-corrected chi connectivity index (χ3v) is 3.29. The molecule has 1 N–H and O–H groups in total. The molecule has 1 unspecified atom stereocenters. The van der Waals surface area contributed by atoms with Crippen LogP contribution in [0.3, 0.4) is 0 Å². The molecule has 0 spiro atoms. The number of amides is 1. The first-order valence-electron chi connectivity index (χ1n) is 6.98. The van der Waals surface area contributed by atoms with Gasteiger partial charge in [-0.2, -0.15) is 5.26 Å². The molecule has 0 radical (unpaired) electrons. The number of nitriles is 1. The molecule has 1 atom stereocenters. The van der Waals surface area contributed by atoms with E-state index in [2.05, 4.69) is 17.5 Å². The second kappa shape index (κ2) is 7.25. The van der Waals surface area contributed by atoms with E-state index in [4.69, 9.17) is 0 Å². The minimum Gasteiger partial charge on any atom is -0.337 e. The minimum atomic E-state index is -0.587. The number of benzene rings is 2. The van der Waals surface area contributed by atoms with Crippen LogP contribution >= 0.6 is 0 Å². The number of hydrogen-bond donors (Lipinski definition) is 1. The Kier molecular flexibility index (Phi) is 5.11. The van der Waals surface area contributed by atoms with Gasteiger partial charge in [-0.1, -0.05) is 60.2 Å². The van der Waals surface area contributed by atoms with E-state index in [0.717, 1.165) is 11.1 Å². The predicted molar refractivity (Wildman–Crippen MR) is 82.4 cm³/mol. The molecular weight excluding hydrogens is 260 g/mol. The summed E-state index contributed by atoms with van der Waals surface area (Å²) in [5, 5.41) is 12.0. The molecule has 3 nitrogen and oxygen atoms in total. The third-order valence-electron chi connectivity index (χ3n) is 3.29. The maximum atomic E-state index is 12.0. The first-order valence-corrected chi connectivity index (χ1v) is 6.98. The van der Waals surface area contributed by atoms with Crippen molar-refractivity contribution in [2.45, 2.75) is 25.8 Å². The number of nitrogens with zero attached hydrogens (tertiary/aromatic N) is 1. The van der Waals surface area contributed by atoms with Crippen LogP contribution in [0.25, 0.3) is 0 Å². The SMILES string of the molecule is Cc1cccc(CCC(=O)NC(C#N)c2ccccc2)c1. The Labute approximate surface area is 125 Å². The lowest BCUT2D eigenvalue weighted by Crippen LogP contribution is -2.27. The molecule has 0 saturated heterocycles. The highest BCUT2D eigenvalue weighted by Gasteiger charge is 2.13. The van der Waals surface area contributed by atoms with Gasteiger partial charge in [-0.15, -0.1) is 0 Å². The van der Waals surface area contributed by atoms with Crippen molar-refractivity contribution in [1.29, 1.82) is 5.26 Å². The number of carbonyl (C=O) groups is 1. The Morgan fingerprint density at radius 3 is 2.62 bits per heavy atom. The summed E-state index contributed by atoms with van der Waals surface area (Å²) in [5.74, 6) is -0.105. The Morgan fingerprint density at radius 1 is 1.19 bits per heavy atom. The lowest BCUT2D eigenvalue weighted by molar-refractivity contribution is -0.121. The van der Waals surface area contributed by atoms with Crippen LogP contribution in [0.15, 0.2) is 54.6 Å². The highest BCUT2D eigenvalue weighted by molar-refractivity contribution is 5.77. The van der Waals surface area contributed by atoms with Crippen LogP contribution in [-0.2, 0) is 11.2 Å². The molecule has 0 aromatic heterocycles. The van der Waals surface area contributed by atoms with Gasteiger partial charge in [0.05, 0.1) is 6.07 Å². The summed E-state index contributed by atoms with van der Waals surface area (Å²) < 4.78 is 0. The smallest absolute Gasteiger partial charge is 0.221 e. The van der Waals surface area contributed by atoms with Crippen molar-refractivity contribution in [3.05, 3.63) is 71.3 Å². The van der Waals surface area contributed by atoms with Crippen LogP contribution in [-0.4, -0.2) is 5.91 Å². The van der Waals surface area contributed by atoms with Crippen molar-refractivity contribution in [2.24, 2.45) is 0 Å². The Bertz CT molecular complexity index is 644. The number of carbonyl (C=O) groups excluding carboxylic acids is 1. The zero-order valence-electron chi connectivity index (χ0n) is 12.0. The third kappa shape index (κ3) is 4.47. The normalized spacial score (nSPS) is 11.4. The van der Waals surface area contributed by atoms with E-state index in [0.29, 0.717) is 12.8 Å². The summed E-state index contributed by atoms with van der Waals surface area (Å²) in [7, 11) is 0. The number of rotatable bonds is 5. The van der Waals surface area contributed by atoms with Crippen molar-refractivity contribution in [3.8, 4) is 6.07 Å². The fourth-order valence-corrected chi connectivity index (χ4v) is 2.19. The summed E-state index contributed by atoms with van der Waals surface area (Å²) in [4.78, 5) is 12.0. The summed E-state index contributed by atoms with van der Waals surface area (Å²) in [5.41, 5.74) is 3.13. The standard InChI is InChI=1S/C18H18N2O/c1-14-6-5-7-15(12-14)10-11-18(21)20-17(13-19)16-8-3-2-4-9-16/h2-9,12,17H,10-11H2,1H3,(H,20,21). The van der Waals surface area contributed by atoms with Gasteiger partial charge < -0.3 is 5.32 Å². The lowest BCUT2D eigenvalue weighted by Gasteiger charge is -2.12. The van der Waals surface area contributed by atoms with Gasteiger partial charge in [-0.25, -0.2) is 0 Å². The molecule has 2 aromatic carbocycles. The molecule has 0 fully saturated rings. The molecule has 21 heavy (non-hydrogen) atoms. The quantitative estimate of drug-likeness (QED) is 0.912. The summed E-state index contributed by atoms with van der Waals surface area (Å²) in [6.07, 6.45) is 1.06. The van der Waals surface area contributed by atoms with Crippen LogP contribution in [0.5, 0.6) is 0 Å². The molecule has 2 aromatic rings. The summed E-state index contributed by atoms with van der Waals surface area (Å²) in [6.45, 7) is 2.03. The van der Waals surface area contributed by atoms with Crippen LogP contribution < -0.4 is 5.32 Å². The highest BCUT2D eigenvalue weighted by Crippen LogP contribution is 2.12. The Hall–Kier alpha value is -2.60. The second-order valence-corrected chi connectivity index (χ2v) is 5.03. The van der Waals surface area contributed by atoms with Crippen LogP contribution in [0.1, 0.15) is 29.2 Å². The first-order chi connectivity index (χ1) is 10.2. The van der Waals surface area contributed by atoms with Gasteiger partial charge in [-0.3, -0.25) is 4.79 Å². The lowest BCUT2D eigenvalue weighted by atomic mass is 10.1. The molecule has 0 aliphatic carbocycles. The molecule has 0 saturated carbocycles. The molecule has 0 aliphatic heterocycles. The topological polar surface area (TPSA) is 52.9 Å². The molecular formula is C18H18N2O. The number of aryl methyl sites for hydroxylation is 2. The fourth-order valence-electron chi connectivity index (χ4n) is 2.19. The van der Waals surface area contributed by atoms with E-state index in [1.807, 2.05) is 55.5 Å². The van der Waals surface area contributed by atoms with Gasteiger partial charge in [-0.05, 0) is 24.5 Å². The monoisotopic (exact) mass is 278 g/mol. The minimum absolute atomic E-state index is 0.105. The van der Waals surface area contributed by atoms with Gasteiger partial charge in [0, 0.05) is 6.42 Å². The van der Waals surface area contributed by atoms with Crippen LogP contribution in [0.4, 0.5) is 0 Å². The van der Waals surface area contributed by atoms with E-state index >= 15 is 0 Å². The van der Waals surface area contributed by atoms with Crippen molar-refractivity contribution in [3.63, 3.8) is 0 Å². The number of hydrogen-bond acceptors (Lipinski definition) is 2. The molecule has 1 amide bonds. The zero-order chi connectivity index (χ0) is 15.1. The maximum absolute atomic E-state index is 12.0. The molecule has 2 rings (SSSR count). The number of nitrogens with one attached hydrogen (secondary N) is 1. The largest absolute Gasteiger partial charge is 0.337 e. The molecule has 0 aliphatic rings. The van der Waals surface area contributed by atoms with Gasteiger partial charge >= 0.3 is 0 Å². The maximum Gasteiger partial charge on any atom is 0.221 e. The van der Waals surface area contributed by atoms with Gasteiger partial charge in [0.25, 0.3) is 0 Å². The fraction of sp³-hybridized carbons (Fsp3) is 0.222. The zero-order valence-corrected chi connectivity index (χ0v) is 12.0. The second-order valence-electron chi connectivity index (χ2n) is 5.03. The van der Waals surface area contributed by atoms with Crippen LogP contribution in [0.2, 0.25) is 0 Å². The summed E-state index contributed by atoms with van der Waals surface area (Å²) in [6, 6.07) is 18.9. The van der Waals surface area contributed by atoms with E-state index < -0.39 is 6.04 Å². The van der Waals surface area contributed by atoms with Crippen molar-refractivity contribution >= 4 is 5.91 Å². The Morgan fingerprint density at radius 2 is 1.95 bits per heavy atom.